The third-order valence-corrected chi connectivity index (χ3v) is 4.19. The molecule has 1 aromatic carbocycles. The molecule has 1 aliphatic carbocycles. The van der Waals surface area contributed by atoms with Gasteiger partial charge in [0.25, 0.3) is 0 Å². The molecule has 2 unspecified atom stereocenters. The Kier molecular flexibility index (Phi) is 3.22. The Hall–Kier alpha value is -1.52. The van der Waals surface area contributed by atoms with E-state index in [0.717, 1.165) is 50.0 Å². The predicted molar refractivity (Wildman–Crippen MR) is 68.1 cm³/mol. The summed E-state index contributed by atoms with van der Waals surface area (Å²) in [5.74, 6) is 0.252. The molecule has 0 radical (unpaired) electrons. The number of carbonyl (C=O) groups is 1. The molecule has 1 aliphatic heterocycles. The van der Waals surface area contributed by atoms with Crippen LogP contribution in [0.4, 0.5) is 13.2 Å². The summed E-state index contributed by atoms with van der Waals surface area (Å²) >= 11 is 0. The second kappa shape index (κ2) is 4.79. The van der Waals surface area contributed by atoms with Crippen LogP contribution < -0.4 is 0 Å². The van der Waals surface area contributed by atoms with Crippen LogP contribution >= 0.6 is 0 Å². The molecular weight excluding hydrogens is 267 g/mol. The maximum absolute atomic E-state index is 12.5. The maximum atomic E-state index is 12.5. The number of hydrogen-bond donors (Lipinski definition) is 0. The molecular formula is C15H16F3NO. The highest BCUT2D eigenvalue weighted by Crippen LogP contribution is 2.49. The highest BCUT2D eigenvalue weighted by Gasteiger charge is 2.46. The Labute approximate surface area is 115 Å². The van der Waals surface area contributed by atoms with Crippen molar-refractivity contribution in [2.75, 3.05) is 13.1 Å². The van der Waals surface area contributed by atoms with Gasteiger partial charge in [-0.05, 0) is 42.9 Å². The second-order valence-corrected chi connectivity index (χ2v) is 5.60. The average Bonchev–Trinajstić information content (AvgIpc) is 3.02. The topological polar surface area (TPSA) is 20.3 Å². The summed E-state index contributed by atoms with van der Waals surface area (Å²) in [5, 5.41) is 0. The fraction of sp³-hybridized carbons (Fsp3) is 0.533. The summed E-state index contributed by atoms with van der Waals surface area (Å²) in [6, 6.07) is 5.21. The lowest BCUT2D eigenvalue weighted by Gasteiger charge is -2.15. The zero-order valence-corrected chi connectivity index (χ0v) is 11.0. The van der Waals surface area contributed by atoms with Crippen LogP contribution in [0.5, 0.6) is 0 Å². The minimum Gasteiger partial charge on any atom is -0.342 e. The van der Waals surface area contributed by atoms with E-state index in [4.69, 9.17) is 0 Å². The number of likely N-dealkylation sites (tertiary alicyclic amines) is 1. The zero-order valence-electron chi connectivity index (χ0n) is 11.0. The Balaban J connectivity index is 1.65. The summed E-state index contributed by atoms with van der Waals surface area (Å²) in [5.41, 5.74) is 0.208. The van der Waals surface area contributed by atoms with Gasteiger partial charge >= 0.3 is 6.18 Å². The minimum atomic E-state index is -4.30. The van der Waals surface area contributed by atoms with Crippen molar-refractivity contribution >= 4 is 5.91 Å². The van der Waals surface area contributed by atoms with E-state index in [1.165, 1.54) is 12.1 Å². The van der Waals surface area contributed by atoms with Gasteiger partial charge in [0.05, 0.1) is 5.56 Å². The van der Waals surface area contributed by atoms with Crippen LogP contribution in [-0.2, 0) is 11.0 Å². The largest absolute Gasteiger partial charge is 0.416 e. The van der Waals surface area contributed by atoms with Crippen molar-refractivity contribution in [2.45, 2.75) is 31.4 Å². The molecule has 2 aliphatic rings. The van der Waals surface area contributed by atoms with Gasteiger partial charge in [-0.25, -0.2) is 0 Å². The molecule has 0 bridgehead atoms. The van der Waals surface area contributed by atoms with E-state index >= 15 is 0 Å². The van der Waals surface area contributed by atoms with Crippen LogP contribution in [0.1, 0.15) is 36.3 Å². The molecule has 1 saturated heterocycles. The van der Waals surface area contributed by atoms with E-state index in [1.54, 1.807) is 0 Å². The van der Waals surface area contributed by atoms with E-state index in [-0.39, 0.29) is 17.7 Å². The molecule has 1 aromatic rings. The number of nitrogens with zero attached hydrogens (tertiary/aromatic N) is 1. The smallest absolute Gasteiger partial charge is 0.342 e. The molecule has 2 nitrogen and oxygen atoms in total. The van der Waals surface area contributed by atoms with Crippen molar-refractivity contribution in [1.29, 1.82) is 0 Å². The standard InChI is InChI=1S/C15H16F3NO/c16-15(17,18)11-5-3-10(4-6-11)12-9-13(12)14(20)19-7-1-2-8-19/h3-6,12-13H,1-2,7-9H2. The van der Waals surface area contributed by atoms with Crippen LogP contribution in [0.2, 0.25) is 0 Å². The lowest BCUT2D eigenvalue weighted by Crippen LogP contribution is -2.29. The molecule has 20 heavy (non-hydrogen) atoms. The van der Waals surface area contributed by atoms with E-state index in [9.17, 15) is 18.0 Å². The summed E-state index contributed by atoms with van der Waals surface area (Å²) in [6.07, 6.45) is -1.42. The van der Waals surface area contributed by atoms with E-state index < -0.39 is 11.7 Å². The van der Waals surface area contributed by atoms with Crippen LogP contribution in [0.25, 0.3) is 0 Å². The maximum Gasteiger partial charge on any atom is 0.416 e. The monoisotopic (exact) mass is 283 g/mol. The highest BCUT2D eigenvalue weighted by atomic mass is 19.4. The molecule has 1 heterocycles. The van der Waals surface area contributed by atoms with Crippen molar-refractivity contribution in [3.8, 4) is 0 Å². The summed E-state index contributed by atoms with van der Waals surface area (Å²) in [7, 11) is 0. The van der Waals surface area contributed by atoms with Gasteiger partial charge in [0.2, 0.25) is 5.91 Å². The summed E-state index contributed by atoms with van der Waals surface area (Å²) in [6.45, 7) is 1.66. The lowest BCUT2D eigenvalue weighted by atomic mass is 10.1. The molecule has 3 rings (SSSR count). The van der Waals surface area contributed by atoms with Gasteiger partial charge in [0, 0.05) is 19.0 Å². The normalized spacial score (nSPS) is 25.9. The molecule has 0 spiro atoms. The van der Waals surface area contributed by atoms with Crippen LogP contribution in [-0.4, -0.2) is 23.9 Å². The molecule has 2 atom stereocenters. The number of alkyl halides is 3. The van der Waals surface area contributed by atoms with Crippen molar-refractivity contribution in [1.82, 2.24) is 4.90 Å². The minimum absolute atomic E-state index is 0.0233. The number of carbonyl (C=O) groups excluding carboxylic acids is 1. The SMILES string of the molecule is O=C(C1CC1c1ccc(C(F)(F)F)cc1)N1CCCC1. The molecule has 108 valence electrons. The van der Waals surface area contributed by atoms with Gasteiger partial charge < -0.3 is 4.90 Å². The zero-order chi connectivity index (χ0) is 14.3. The third-order valence-electron chi connectivity index (χ3n) is 4.19. The first-order valence-corrected chi connectivity index (χ1v) is 6.93. The van der Waals surface area contributed by atoms with Crippen LogP contribution in [0.3, 0.4) is 0 Å². The molecule has 1 saturated carbocycles. The summed E-state index contributed by atoms with van der Waals surface area (Å²) < 4.78 is 37.5. The fourth-order valence-corrected chi connectivity index (χ4v) is 2.93. The predicted octanol–water partition coefficient (Wildman–Crippen LogP) is 3.43. The second-order valence-electron chi connectivity index (χ2n) is 5.60. The number of rotatable bonds is 2. The van der Waals surface area contributed by atoms with Crippen molar-refractivity contribution in [2.24, 2.45) is 5.92 Å². The van der Waals surface area contributed by atoms with E-state index in [2.05, 4.69) is 0 Å². The van der Waals surface area contributed by atoms with Gasteiger partial charge in [-0.3, -0.25) is 4.79 Å². The Morgan fingerprint density at radius 3 is 2.25 bits per heavy atom. The first-order valence-electron chi connectivity index (χ1n) is 6.93. The third kappa shape index (κ3) is 2.53. The fourth-order valence-electron chi connectivity index (χ4n) is 2.93. The van der Waals surface area contributed by atoms with Gasteiger partial charge in [0.15, 0.2) is 0 Å². The Bertz CT molecular complexity index is 503. The van der Waals surface area contributed by atoms with Crippen molar-refractivity contribution in [3.05, 3.63) is 35.4 Å². The molecule has 0 N–H and O–H groups in total. The van der Waals surface area contributed by atoms with E-state index in [0.29, 0.717) is 0 Å². The van der Waals surface area contributed by atoms with Gasteiger partial charge in [-0.2, -0.15) is 13.2 Å². The summed E-state index contributed by atoms with van der Waals surface area (Å²) in [4.78, 5) is 14.0. The molecule has 1 amide bonds. The molecule has 2 fully saturated rings. The van der Waals surface area contributed by atoms with Gasteiger partial charge in [-0.15, -0.1) is 0 Å². The van der Waals surface area contributed by atoms with Crippen LogP contribution in [0.15, 0.2) is 24.3 Å². The number of amides is 1. The number of benzene rings is 1. The van der Waals surface area contributed by atoms with Crippen molar-refractivity contribution in [3.63, 3.8) is 0 Å². The van der Waals surface area contributed by atoms with Gasteiger partial charge in [-0.1, -0.05) is 12.1 Å². The first kappa shape index (κ1) is 13.5. The average molecular weight is 283 g/mol. The van der Waals surface area contributed by atoms with Crippen molar-refractivity contribution < 1.29 is 18.0 Å². The number of hydrogen-bond acceptors (Lipinski definition) is 1. The van der Waals surface area contributed by atoms with E-state index in [1.807, 2.05) is 4.90 Å². The van der Waals surface area contributed by atoms with Gasteiger partial charge in [0.1, 0.15) is 0 Å². The molecule has 0 aromatic heterocycles. The highest BCUT2D eigenvalue weighted by molar-refractivity contribution is 5.83. The Morgan fingerprint density at radius 2 is 1.70 bits per heavy atom. The van der Waals surface area contributed by atoms with Crippen LogP contribution in [0, 0.1) is 5.92 Å². The molecule has 5 heteroatoms. The lowest BCUT2D eigenvalue weighted by molar-refractivity contribution is -0.137. The number of halogens is 3. The quantitative estimate of drug-likeness (QED) is 0.814. The first-order chi connectivity index (χ1) is 9.47. The Morgan fingerprint density at radius 1 is 1.10 bits per heavy atom.